The largest absolute Gasteiger partial charge is 0.462 e. The molecule has 0 unspecified atom stereocenters. The van der Waals surface area contributed by atoms with Crippen LogP contribution in [0.2, 0.25) is 0 Å². The van der Waals surface area contributed by atoms with Crippen molar-refractivity contribution in [2.75, 3.05) is 6.61 Å². The summed E-state index contributed by atoms with van der Waals surface area (Å²) in [5.74, 6) is -2.13. The van der Waals surface area contributed by atoms with Gasteiger partial charge in [-0.15, -0.1) is 3.89 Å². The second-order valence-electron chi connectivity index (χ2n) is 2.80. The van der Waals surface area contributed by atoms with Crippen LogP contribution in [0, 0.1) is 5.82 Å². The minimum atomic E-state index is -5.12. The molecule has 0 fully saturated rings. The summed E-state index contributed by atoms with van der Waals surface area (Å²) in [4.78, 5) is 10.0. The van der Waals surface area contributed by atoms with Crippen molar-refractivity contribution in [2.24, 2.45) is 0 Å². The molecule has 0 aliphatic rings. The molecule has 0 heterocycles. The lowest BCUT2D eigenvalue weighted by atomic mass is 10.2. The molecule has 0 saturated heterocycles. The summed E-state index contributed by atoms with van der Waals surface area (Å²) in [7, 11) is -5.12. The standard InChI is InChI=1S/C9H8F2O4S/c1-2-15-9(12)6-3-4-8(7(10)5-6)16(11,13)14/h3-5H,2H2,1H3. The van der Waals surface area contributed by atoms with E-state index in [0.717, 1.165) is 6.07 Å². The van der Waals surface area contributed by atoms with Crippen molar-refractivity contribution in [3.63, 3.8) is 0 Å². The summed E-state index contributed by atoms with van der Waals surface area (Å²) in [6, 6.07) is 2.27. The molecule has 0 aromatic heterocycles. The highest BCUT2D eigenvalue weighted by atomic mass is 32.3. The van der Waals surface area contributed by atoms with E-state index in [1.807, 2.05) is 0 Å². The molecule has 0 radical (unpaired) electrons. The molecule has 0 spiro atoms. The lowest BCUT2D eigenvalue weighted by Gasteiger charge is -2.03. The topological polar surface area (TPSA) is 60.4 Å². The van der Waals surface area contributed by atoms with Gasteiger partial charge in [-0.1, -0.05) is 0 Å². The number of benzene rings is 1. The van der Waals surface area contributed by atoms with Crippen LogP contribution in [0.15, 0.2) is 23.1 Å². The van der Waals surface area contributed by atoms with Gasteiger partial charge in [0, 0.05) is 0 Å². The predicted molar refractivity (Wildman–Crippen MR) is 50.7 cm³/mol. The first kappa shape index (κ1) is 12.6. The highest BCUT2D eigenvalue weighted by Gasteiger charge is 2.19. The maximum Gasteiger partial charge on any atom is 0.338 e. The number of carbonyl (C=O) groups is 1. The Bertz CT molecular complexity index is 510. The van der Waals surface area contributed by atoms with E-state index in [1.165, 1.54) is 0 Å². The van der Waals surface area contributed by atoms with E-state index in [-0.39, 0.29) is 12.2 Å². The van der Waals surface area contributed by atoms with E-state index in [4.69, 9.17) is 0 Å². The first-order valence-corrected chi connectivity index (χ1v) is 5.66. The monoisotopic (exact) mass is 250 g/mol. The van der Waals surface area contributed by atoms with Gasteiger partial charge in [-0.2, -0.15) is 8.42 Å². The van der Waals surface area contributed by atoms with Crippen molar-refractivity contribution in [1.82, 2.24) is 0 Å². The van der Waals surface area contributed by atoms with Crippen LogP contribution in [-0.4, -0.2) is 21.0 Å². The number of hydrogen-bond donors (Lipinski definition) is 0. The minimum absolute atomic E-state index is 0.101. The van der Waals surface area contributed by atoms with E-state index in [2.05, 4.69) is 4.74 Å². The SMILES string of the molecule is CCOC(=O)c1ccc(S(=O)(=O)F)c(F)c1. The van der Waals surface area contributed by atoms with E-state index in [9.17, 15) is 21.5 Å². The number of halogens is 2. The Morgan fingerprint density at radius 1 is 1.44 bits per heavy atom. The van der Waals surface area contributed by atoms with E-state index < -0.39 is 26.9 Å². The molecule has 7 heteroatoms. The summed E-state index contributed by atoms with van der Waals surface area (Å²) in [5.41, 5.74) is -0.174. The molecule has 1 rings (SSSR count). The fourth-order valence-electron chi connectivity index (χ4n) is 1.04. The lowest BCUT2D eigenvalue weighted by molar-refractivity contribution is 0.0525. The number of rotatable bonds is 3. The second kappa shape index (κ2) is 4.56. The van der Waals surface area contributed by atoms with Gasteiger partial charge < -0.3 is 4.74 Å². The van der Waals surface area contributed by atoms with Crippen molar-refractivity contribution in [1.29, 1.82) is 0 Å². The molecule has 1 aromatic rings. The van der Waals surface area contributed by atoms with Crippen molar-refractivity contribution in [3.8, 4) is 0 Å². The van der Waals surface area contributed by atoms with Crippen LogP contribution in [0.25, 0.3) is 0 Å². The molecule has 0 aliphatic carbocycles. The molecule has 0 atom stereocenters. The second-order valence-corrected chi connectivity index (χ2v) is 4.12. The van der Waals surface area contributed by atoms with Crippen LogP contribution in [0.4, 0.5) is 8.28 Å². The average Bonchev–Trinajstić information content (AvgIpc) is 2.16. The maximum absolute atomic E-state index is 13.1. The Balaban J connectivity index is 3.14. The van der Waals surface area contributed by atoms with Crippen molar-refractivity contribution < 1.29 is 26.2 Å². The zero-order valence-electron chi connectivity index (χ0n) is 8.24. The summed E-state index contributed by atoms with van der Waals surface area (Å²) < 4.78 is 51.0. The van der Waals surface area contributed by atoms with Gasteiger partial charge >= 0.3 is 16.2 Å². The number of ether oxygens (including phenoxy) is 1. The molecule has 0 bridgehead atoms. The first-order valence-electron chi connectivity index (χ1n) is 4.27. The van der Waals surface area contributed by atoms with Crippen LogP contribution >= 0.6 is 0 Å². The Hall–Kier alpha value is -1.50. The number of hydrogen-bond acceptors (Lipinski definition) is 4. The van der Waals surface area contributed by atoms with E-state index in [1.54, 1.807) is 6.92 Å². The highest BCUT2D eigenvalue weighted by Crippen LogP contribution is 2.18. The molecule has 0 saturated carbocycles. The lowest BCUT2D eigenvalue weighted by Crippen LogP contribution is -2.06. The van der Waals surface area contributed by atoms with Gasteiger partial charge in [-0.05, 0) is 25.1 Å². The summed E-state index contributed by atoms with van der Waals surface area (Å²) >= 11 is 0. The van der Waals surface area contributed by atoms with Crippen molar-refractivity contribution in [2.45, 2.75) is 11.8 Å². The fraction of sp³-hybridized carbons (Fsp3) is 0.222. The third-order valence-corrected chi connectivity index (χ3v) is 2.56. The Morgan fingerprint density at radius 2 is 2.06 bits per heavy atom. The molecule has 0 N–H and O–H groups in total. The molecule has 16 heavy (non-hydrogen) atoms. The van der Waals surface area contributed by atoms with Crippen LogP contribution < -0.4 is 0 Å². The van der Waals surface area contributed by atoms with E-state index >= 15 is 0 Å². The zero-order valence-corrected chi connectivity index (χ0v) is 9.05. The fourth-order valence-corrected chi connectivity index (χ4v) is 1.56. The average molecular weight is 250 g/mol. The molecular weight excluding hydrogens is 242 g/mol. The van der Waals surface area contributed by atoms with Gasteiger partial charge in [-0.25, -0.2) is 9.18 Å². The van der Waals surface area contributed by atoms with Crippen LogP contribution in [0.1, 0.15) is 17.3 Å². The third kappa shape index (κ3) is 2.75. The van der Waals surface area contributed by atoms with E-state index in [0.29, 0.717) is 12.1 Å². The Morgan fingerprint density at radius 3 is 2.50 bits per heavy atom. The van der Waals surface area contributed by atoms with Gasteiger partial charge in [0.25, 0.3) is 0 Å². The maximum atomic E-state index is 13.1. The molecule has 0 aliphatic heterocycles. The van der Waals surface area contributed by atoms with Gasteiger partial charge in [0.2, 0.25) is 0 Å². The van der Waals surface area contributed by atoms with Crippen molar-refractivity contribution >= 4 is 16.2 Å². The summed E-state index contributed by atoms with van der Waals surface area (Å²) in [6.07, 6.45) is 0. The third-order valence-electron chi connectivity index (χ3n) is 1.71. The number of esters is 1. The highest BCUT2D eigenvalue weighted by molar-refractivity contribution is 7.86. The zero-order chi connectivity index (χ0) is 12.3. The molecule has 1 aromatic carbocycles. The van der Waals surface area contributed by atoms with Gasteiger partial charge in [0.1, 0.15) is 10.7 Å². The van der Waals surface area contributed by atoms with Crippen LogP contribution in [0.5, 0.6) is 0 Å². The van der Waals surface area contributed by atoms with Crippen LogP contribution in [-0.2, 0) is 15.0 Å². The normalized spacial score (nSPS) is 11.2. The predicted octanol–water partition coefficient (Wildman–Crippen LogP) is 1.66. The quantitative estimate of drug-likeness (QED) is 0.604. The molecular formula is C9H8F2O4S. The molecule has 88 valence electrons. The van der Waals surface area contributed by atoms with Crippen LogP contribution in [0.3, 0.4) is 0 Å². The van der Waals surface area contributed by atoms with Gasteiger partial charge in [0.05, 0.1) is 12.2 Å². The molecule has 0 amide bonds. The summed E-state index contributed by atoms with van der Waals surface area (Å²) in [6.45, 7) is 1.66. The number of carbonyl (C=O) groups excluding carboxylic acids is 1. The van der Waals surface area contributed by atoms with Gasteiger partial charge in [0.15, 0.2) is 0 Å². The first-order chi connectivity index (χ1) is 7.36. The van der Waals surface area contributed by atoms with Crippen molar-refractivity contribution in [3.05, 3.63) is 29.6 Å². The minimum Gasteiger partial charge on any atom is -0.462 e. The molecule has 4 nitrogen and oxygen atoms in total. The smallest absolute Gasteiger partial charge is 0.338 e. The Labute approximate surface area is 91.1 Å². The summed E-state index contributed by atoms with van der Waals surface area (Å²) in [5, 5.41) is 0. The van der Waals surface area contributed by atoms with Gasteiger partial charge in [-0.3, -0.25) is 0 Å². The Kier molecular flexibility index (Phi) is 3.58.